The van der Waals surface area contributed by atoms with Crippen molar-refractivity contribution in [3.05, 3.63) is 68.6 Å². The normalized spacial score (nSPS) is 10.7. The number of ether oxygens (including phenoxy) is 1. The van der Waals surface area contributed by atoms with Crippen molar-refractivity contribution in [3.8, 4) is 5.75 Å². The van der Waals surface area contributed by atoms with Gasteiger partial charge in [-0.15, -0.1) is 11.3 Å². The van der Waals surface area contributed by atoms with Crippen LogP contribution >= 0.6 is 34.5 Å². The van der Waals surface area contributed by atoms with E-state index in [0.717, 1.165) is 16.1 Å². The molecule has 1 aromatic heterocycles. The van der Waals surface area contributed by atoms with Crippen LogP contribution in [0, 0.1) is 0 Å². The smallest absolute Gasteiger partial charge is 0.257 e. The second-order valence-electron chi connectivity index (χ2n) is 6.69. The molecule has 0 bridgehead atoms. The fraction of sp³-hybridized carbons (Fsp3) is 0.238. The molecule has 0 aliphatic carbocycles. The third-order valence-corrected chi connectivity index (χ3v) is 5.48. The zero-order valence-electron chi connectivity index (χ0n) is 16.5. The lowest BCUT2D eigenvalue weighted by molar-refractivity contribution is 0.102. The Kier molecular flexibility index (Phi) is 7.55. The van der Waals surface area contributed by atoms with E-state index in [-0.39, 0.29) is 19.1 Å². The van der Waals surface area contributed by atoms with Crippen molar-refractivity contribution in [3.63, 3.8) is 0 Å². The molecular formula is C21H21Cl2N3O3S. The molecule has 3 rings (SSSR count). The maximum atomic E-state index is 12.7. The highest BCUT2D eigenvalue weighted by Gasteiger charge is 2.14. The van der Waals surface area contributed by atoms with E-state index in [9.17, 15) is 4.79 Å². The van der Waals surface area contributed by atoms with Crippen LogP contribution in [-0.2, 0) is 6.42 Å². The first-order valence-corrected chi connectivity index (χ1v) is 10.7. The van der Waals surface area contributed by atoms with Gasteiger partial charge in [-0.25, -0.2) is 4.98 Å². The van der Waals surface area contributed by atoms with E-state index in [1.807, 2.05) is 31.1 Å². The number of hydrogen-bond acceptors (Lipinski definition) is 6. The number of aliphatic hydroxyl groups excluding tert-OH is 1. The van der Waals surface area contributed by atoms with E-state index in [0.29, 0.717) is 32.9 Å². The Morgan fingerprint density at radius 3 is 2.60 bits per heavy atom. The second kappa shape index (κ2) is 10.1. The summed E-state index contributed by atoms with van der Waals surface area (Å²) in [5.41, 5.74) is 2.22. The number of nitrogens with zero attached hydrogens (tertiary/aromatic N) is 2. The topological polar surface area (TPSA) is 74.7 Å². The minimum absolute atomic E-state index is 0.108. The van der Waals surface area contributed by atoms with Crippen molar-refractivity contribution in [2.45, 2.75) is 6.42 Å². The molecule has 0 radical (unpaired) electrons. The standard InChI is InChI=1S/C21H21Cl2N3O3S/c1-26(2)18-4-3-14(10-19(18)29-6-5-27)20(28)25-21-24-12-17(30-21)9-13-7-15(22)11-16(23)8-13/h3-4,7-8,10-12,27H,5-6,9H2,1-2H3,(H,24,25,28). The summed E-state index contributed by atoms with van der Waals surface area (Å²) in [4.78, 5) is 19.8. The molecule has 3 aromatic rings. The third-order valence-electron chi connectivity index (χ3n) is 4.13. The number of thiazole rings is 1. The zero-order valence-corrected chi connectivity index (χ0v) is 18.8. The molecule has 9 heteroatoms. The summed E-state index contributed by atoms with van der Waals surface area (Å²) in [5, 5.41) is 13.5. The molecule has 0 fully saturated rings. The predicted octanol–water partition coefficient (Wildman–Crippen LogP) is 4.73. The highest BCUT2D eigenvalue weighted by molar-refractivity contribution is 7.15. The van der Waals surface area contributed by atoms with Gasteiger partial charge in [0.1, 0.15) is 12.4 Å². The number of carbonyl (C=O) groups is 1. The van der Waals surface area contributed by atoms with Gasteiger partial charge >= 0.3 is 0 Å². The maximum absolute atomic E-state index is 12.7. The fourth-order valence-electron chi connectivity index (χ4n) is 2.83. The van der Waals surface area contributed by atoms with Crippen molar-refractivity contribution >= 4 is 51.3 Å². The number of rotatable bonds is 8. The van der Waals surface area contributed by atoms with E-state index >= 15 is 0 Å². The van der Waals surface area contributed by atoms with Crippen LogP contribution < -0.4 is 15.0 Å². The van der Waals surface area contributed by atoms with Gasteiger partial charge in [0.2, 0.25) is 0 Å². The van der Waals surface area contributed by atoms with Crippen LogP contribution in [0.25, 0.3) is 0 Å². The average molecular weight is 466 g/mol. The number of nitrogens with one attached hydrogen (secondary N) is 1. The molecule has 0 aliphatic heterocycles. The number of aliphatic hydroxyl groups is 1. The molecule has 0 aliphatic rings. The van der Waals surface area contributed by atoms with E-state index < -0.39 is 0 Å². The zero-order chi connectivity index (χ0) is 21.7. The van der Waals surface area contributed by atoms with Crippen molar-refractivity contribution in [2.24, 2.45) is 0 Å². The van der Waals surface area contributed by atoms with Crippen molar-refractivity contribution in [1.29, 1.82) is 0 Å². The van der Waals surface area contributed by atoms with Gasteiger partial charge in [0.15, 0.2) is 5.13 Å². The summed E-state index contributed by atoms with van der Waals surface area (Å²) in [6, 6.07) is 10.6. The highest BCUT2D eigenvalue weighted by Crippen LogP contribution is 2.29. The lowest BCUT2D eigenvalue weighted by Gasteiger charge is -2.18. The first-order chi connectivity index (χ1) is 14.4. The summed E-state index contributed by atoms with van der Waals surface area (Å²) in [6.07, 6.45) is 2.34. The lowest BCUT2D eigenvalue weighted by Crippen LogP contribution is -2.15. The van der Waals surface area contributed by atoms with Crippen LogP contribution in [0.2, 0.25) is 10.0 Å². The first kappa shape index (κ1) is 22.4. The summed E-state index contributed by atoms with van der Waals surface area (Å²) in [6.45, 7) is 0.0400. The lowest BCUT2D eigenvalue weighted by atomic mass is 10.1. The monoisotopic (exact) mass is 465 g/mol. The molecular weight excluding hydrogens is 445 g/mol. The SMILES string of the molecule is CN(C)c1ccc(C(=O)Nc2ncc(Cc3cc(Cl)cc(Cl)c3)s2)cc1OCCO. The number of amides is 1. The van der Waals surface area contributed by atoms with Crippen molar-refractivity contribution in [2.75, 3.05) is 37.5 Å². The van der Waals surface area contributed by atoms with E-state index in [2.05, 4.69) is 10.3 Å². The molecule has 1 heterocycles. The second-order valence-corrected chi connectivity index (χ2v) is 8.68. The van der Waals surface area contributed by atoms with Crippen LogP contribution in [0.15, 0.2) is 42.6 Å². The van der Waals surface area contributed by atoms with E-state index in [1.54, 1.807) is 30.5 Å². The van der Waals surface area contributed by atoms with Gasteiger partial charge in [-0.2, -0.15) is 0 Å². The van der Waals surface area contributed by atoms with Gasteiger partial charge < -0.3 is 14.7 Å². The largest absolute Gasteiger partial charge is 0.489 e. The van der Waals surface area contributed by atoms with Gasteiger partial charge in [-0.3, -0.25) is 10.1 Å². The van der Waals surface area contributed by atoms with Gasteiger partial charge in [-0.05, 0) is 42.0 Å². The van der Waals surface area contributed by atoms with Crippen LogP contribution in [0.1, 0.15) is 20.8 Å². The van der Waals surface area contributed by atoms with Gasteiger partial charge in [0.05, 0.1) is 12.3 Å². The van der Waals surface area contributed by atoms with Gasteiger partial charge in [0, 0.05) is 47.2 Å². The van der Waals surface area contributed by atoms with Crippen molar-refractivity contribution < 1.29 is 14.6 Å². The number of anilines is 2. The first-order valence-electron chi connectivity index (χ1n) is 9.12. The average Bonchev–Trinajstić information content (AvgIpc) is 3.11. The maximum Gasteiger partial charge on any atom is 0.257 e. The summed E-state index contributed by atoms with van der Waals surface area (Å²) in [7, 11) is 3.76. The summed E-state index contributed by atoms with van der Waals surface area (Å²) in [5.74, 6) is 0.236. The third kappa shape index (κ3) is 5.86. The summed E-state index contributed by atoms with van der Waals surface area (Å²) < 4.78 is 5.57. The van der Waals surface area contributed by atoms with Crippen LogP contribution in [0.4, 0.5) is 10.8 Å². The Morgan fingerprint density at radius 2 is 1.93 bits per heavy atom. The predicted molar refractivity (Wildman–Crippen MR) is 123 cm³/mol. The Balaban J connectivity index is 1.71. The molecule has 0 spiro atoms. The quantitative estimate of drug-likeness (QED) is 0.502. The van der Waals surface area contributed by atoms with E-state index in [1.165, 1.54) is 11.3 Å². The molecule has 0 unspecified atom stereocenters. The Labute approximate surface area is 189 Å². The van der Waals surface area contributed by atoms with Crippen LogP contribution in [0.3, 0.4) is 0 Å². The Bertz CT molecular complexity index is 1020. The Hall–Kier alpha value is -2.32. The molecule has 30 heavy (non-hydrogen) atoms. The molecule has 0 saturated heterocycles. The fourth-order valence-corrected chi connectivity index (χ4v) is 4.24. The number of hydrogen-bond donors (Lipinski definition) is 2. The number of aromatic nitrogens is 1. The summed E-state index contributed by atoms with van der Waals surface area (Å²) >= 11 is 13.5. The molecule has 2 N–H and O–H groups in total. The van der Waals surface area contributed by atoms with E-state index in [4.69, 9.17) is 33.0 Å². The molecule has 6 nitrogen and oxygen atoms in total. The number of benzene rings is 2. The van der Waals surface area contributed by atoms with Crippen LogP contribution in [0.5, 0.6) is 5.75 Å². The molecule has 0 atom stereocenters. The number of halogens is 2. The van der Waals surface area contributed by atoms with Gasteiger partial charge in [0.25, 0.3) is 5.91 Å². The number of carbonyl (C=O) groups excluding carboxylic acids is 1. The molecule has 158 valence electrons. The van der Waals surface area contributed by atoms with Crippen molar-refractivity contribution in [1.82, 2.24) is 4.98 Å². The molecule has 1 amide bonds. The minimum Gasteiger partial charge on any atom is -0.489 e. The van der Waals surface area contributed by atoms with Gasteiger partial charge in [-0.1, -0.05) is 23.2 Å². The van der Waals surface area contributed by atoms with Crippen LogP contribution in [-0.4, -0.2) is 43.3 Å². The highest BCUT2D eigenvalue weighted by atomic mass is 35.5. The minimum atomic E-state index is -0.291. The molecule has 0 saturated carbocycles. The Morgan fingerprint density at radius 1 is 1.20 bits per heavy atom. The molecule has 2 aromatic carbocycles.